The van der Waals surface area contributed by atoms with Crippen LogP contribution in [0, 0.1) is 0 Å². The van der Waals surface area contributed by atoms with Gasteiger partial charge in [0, 0.05) is 5.33 Å². The van der Waals surface area contributed by atoms with Crippen molar-refractivity contribution in [1.29, 1.82) is 0 Å². The Morgan fingerprint density at radius 2 is 1.90 bits per heavy atom. The molecule has 0 rings (SSSR count). The van der Waals surface area contributed by atoms with Crippen LogP contribution in [0.5, 0.6) is 0 Å². The number of hydrogen-bond donors (Lipinski definition) is 3. The van der Waals surface area contributed by atoms with Crippen LogP contribution in [0.3, 0.4) is 0 Å². The number of aliphatic hydroxyl groups is 1. The Morgan fingerprint density at radius 3 is 2.00 bits per heavy atom. The monoisotopic (exact) mass is 296 g/mol. The van der Waals surface area contributed by atoms with Crippen LogP contribution in [0.4, 0.5) is 0 Å². The minimum Gasteiger partial charge on any atom is -0.379 e. The summed E-state index contributed by atoms with van der Waals surface area (Å²) in [5, 5.41) is 9.11. The minimum absolute atomic E-state index is 0.291. The van der Waals surface area contributed by atoms with Crippen LogP contribution in [0.1, 0.15) is 0 Å². The number of aliphatic hydroxyl groups excluding tert-OH is 1. The van der Waals surface area contributed by atoms with Crippen molar-refractivity contribution in [2.24, 2.45) is 0 Å². The molecule has 0 aliphatic rings. The van der Waals surface area contributed by atoms with Crippen molar-refractivity contribution >= 4 is 39.5 Å². The molecule has 0 heterocycles. The zero-order valence-electron chi connectivity index (χ0n) is 4.81. The van der Waals surface area contributed by atoms with Gasteiger partial charge < -0.3 is 14.9 Å². The summed E-state index contributed by atoms with van der Waals surface area (Å²) in [5.41, 5.74) is 0. The largest absolute Gasteiger partial charge is 0.379 e. The zero-order chi connectivity index (χ0) is 8.36. The van der Waals surface area contributed by atoms with E-state index < -0.39 is 18.3 Å². The Hall–Kier alpha value is 1.07. The summed E-state index contributed by atoms with van der Waals surface area (Å²) in [6, 6.07) is 0. The van der Waals surface area contributed by atoms with E-state index in [0.717, 1.165) is 0 Å². The van der Waals surface area contributed by atoms with Crippen LogP contribution in [0.2, 0.25) is 0 Å². The molecule has 0 aromatic rings. The predicted octanol–water partition coefficient (Wildman–Crippen LogP) is 0.641. The van der Waals surface area contributed by atoms with Gasteiger partial charge in [0.1, 0.15) is 0 Å². The second kappa shape index (κ2) is 4.18. The van der Waals surface area contributed by atoms with Gasteiger partial charge in [0.15, 0.2) is 5.85 Å². The van der Waals surface area contributed by atoms with E-state index in [2.05, 4.69) is 31.9 Å². The number of rotatable bonds is 3. The molecule has 3 N–H and O–H groups in total. The van der Waals surface area contributed by atoms with Crippen LogP contribution >= 0.6 is 39.5 Å². The molecule has 0 radical (unpaired) electrons. The standard InChI is InChI=1S/C3H7Br2O4P/c4-1-2(5)3(6)10(7,8)9/h2-3,6H,1H2,(H2,7,8,9). The maximum atomic E-state index is 10.3. The van der Waals surface area contributed by atoms with Crippen LogP contribution in [-0.2, 0) is 4.57 Å². The van der Waals surface area contributed by atoms with E-state index in [4.69, 9.17) is 14.9 Å². The van der Waals surface area contributed by atoms with Crippen LogP contribution in [-0.4, -0.2) is 30.9 Å². The van der Waals surface area contributed by atoms with Gasteiger partial charge in [-0.3, -0.25) is 4.57 Å². The summed E-state index contributed by atoms with van der Waals surface area (Å²) in [6.45, 7) is 0. The highest BCUT2D eigenvalue weighted by Crippen LogP contribution is 2.43. The van der Waals surface area contributed by atoms with Gasteiger partial charge in [-0.2, -0.15) is 0 Å². The summed E-state index contributed by atoms with van der Waals surface area (Å²) in [5.74, 6) is -1.63. The third-order valence-corrected chi connectivity index (χ3v) is 4.66. The first-order valence-corrected chi connectivity index (χ1v) is 6.04. The molecule has 0 bridgehead atoms. The first-order valence-electron chi connectivity index (χ1n) is 2.33. The lowest BCUT2D eigenvalue weighted by Crippen LogP contribution is -2.21. The first-order chi connectivity index (χ1) is 4.39. The Bertz CT molecular complexity index is 145. The van der Waals surface area contributed by atoms with E-state index in [1.165, 1.54) is 0 Å². The summed E-state index contributed by atoms with van der Waals surface area (Å²) in [7, 11) is -4.35. The maximum absolute atomic E-state index is 10.3. The molecule has 0 amide bonds. The molecule has 62 valence electrons. The van der Waals surface area contributed by atoms with Gasteiger partial charge in [0.2, 0.25) is 0 Å². The fourth-order valence-electron chi connectivity index (χ4n) is 0.290. The molecule has 10 heavy (non-hydrogen) atoms. The molecule has 2 unspecified atom stereocenters. The molecule has 4 nitrogen and oxygen atoms in total. The third kappa shape index (κ3) is 3.46. The third-order valence-electron chi connectivity index (χ3n) is 0.816. The number of alkyl halides is 2. The first kappa shape index (κ1) is 11.1. The number of halogens is 2. The van der Waals surface area contributed by atoms with Gasteiger partial charge in [0.25, 0.3) is 0 Å². The van der Waals surface area contributed by atoms with Crippen molar-refractivity contribution in [3.8, 4) is 0 Å². The van der Waals surface area contributed by atoms with Gasteiger partial charge in [-0.15, -0.1) is 0 Å². The van der Waals surface area contributed by atoms with Crippen molar-refractivity contribution in [2.45, 2.75) is 10.7 Å². The highest BCUT2D eigenvalue weighted by atomic mass is 79.9. The molecule has 0 saturated carbocycles. The minimum atomic E-state index is -4.35. The van der Waals surface area contributed by atoms with Gasteiger partial charge in [-0.25, -0.2) is 0 Å². The molecule has 0 aliphatic heterocycles. The van der Waals surface area contributed by atoms with E-state index in [0.29, 0.717) is 5.33 Å². The van der Waals surface area contributed by atoms with Gasteiger partial charge in [-0.05, 0) is 0 Å². The molecule has 0 aromatic carbocycles. The predicted molar refractivity (Wildman–Crippen MR) is 44.6 cm³/mol. The average Bonchev–Trinajstić information content (AvgIpc) is 1.83. The van der Waals surface area contributed by atoms with E-state index in [-0.39, 0.29) is 0 Å². The second-order valence-electron chi connectivity index (χ2n) is 1.67. The zero-order valence-corrected chi connectivity index (χ0v) is 8.88. The Labute approximate surface area is 75.0 Å². The van der Waals surface area contributed by atoms with E-state index >= 15 is 0 Å². The van der Waals surface area contributed by atoms with Gasteiger partial charge in [-0.1, -0.05) is 31.9 Å². The summed E-state index contributed by atoms with van der Waals surface area (Å²) in [4.78, 5) is 16.2. The van der Waals surface area contributed by atoms with Gasteiger partial charge >= 0.3 is 7.60 Å². The van der Waals surface area contributed by atoms with E-state index in [1.54, 1.807) is 0 Å². The summed E-state index contributed by atoms with van der Waals surface area (Å²) in [6.07, 6.45) is 0. The quantitative estimate of drug-likeness (QED) is 0.528. The Morgan fingerprint density at radius 1 is 1.50 bits per heavy atom. The van der Waals surface area contributed by atoms with Crippen molar-refractivity contribution in [2.75, 3.05) is 5.33 Å². The average molecular weight is 298 g/mol. The van der Waals surface area contributed by atoms with E-state index in [9.17, 15) is 4.57 Å². The Kier molecular flexibility index (Phi) is 4.63. The number of hydrogen-bond acceptors (Lipinski definition) is 2. The maximum Gasteiger partial charge on any atom is 0.354 e. The molecule has 0 spiro atoms. The lowest BCUT2D eigenvalue weighted by atomic mass is 10.5. The summed E-state index contributed by atoms with van der Waals surface area (Å²) >= 11 is 5.85. The topological polar surface area (TPSA) is 77.8 Å². The molecule has 0 aliphatic carbocycles. The lowest BCUT2D eigenvalue weighted by molar-refractivity contribution is 0.206. The molecule has 0 saturated heterocycles. The SMILES string of the molecule is O=P(O)(O)C(O)C(Br)CBr. The highest BCUT2D eigenvalue weighted by molar-refractivity contribution is 9.12. The lowest BCUT2D eigenvalue weighted by Gasteiger charge is -2.15. The molecule has 0 fully saturated rings. The molecule has 2 atom stereocenters. The molecule has 7 heteroatoms. The van der Waals surface area contributed by atoms with Crippen LogP contribution in [0.25, 0.3) is 0 Å². The van der Waals surface area contributed by atoms with Gasteiger partial charge in [0.05, 0.1) is 4.83 Å². The molecular weight excluding hydrogens is 291 g/mol. The summed E-state index contributed by atoms with van der Waals surface area (Å²) < 4.78 is 10.3. The smallest absolute Gasteiger partial charge is 0.354 e. The fraction of sp³-hybridized carbons (Fsp3) is 1.00. The Balaban J connectivity index is 4.08. The van der Waals surface area contributed by atoms with Crippen molar-refractivity contribution in [3.63, 3.8) is 0 Å². The van der Waals surface area contributed by atoms with Crippen molar-refractivity contribution in [3.05, 3.63) is 0 Å². The van der Waals surface area contributed by atoms with Crippen molar-refractivity contribution in [1.82, 2.24) is 0 Å². The highest BCUT2D eigenvalue weighted by Gasteiger charge is 2.31. The molecule has 0 aromatic heterocycles. The molecular formula is C3H7Br2O4P. The van der Waals surface area contributed by atoms with Crippen molar-refractivity contribution < 1.29 is 19.5 Å². The van der Waals surface area contributed by atoms with Crippen LogP contribution in [0.15, 0.2) is 0 Å². The van der Waals surface area contributed by atoms with E-state index in [1.807, 2.05) is 0 Å². The van der Waals surface area contributed by atoms with Crippen LogP contribution < -0.4 is 0 Å². The fourth-order valence-corrected chi connectivity index (χ4v) is 2.38. The second-order valence-corrected chi connectivity index (χ2v) is 5.20. The normalized spacial score (nSPS) is 18.5.